The fraction of sp³-hybridized carbons (Fsp3) is 0.304. The number of hydrogen-bond acceptors (Lipinski definition) is 6. The lowest BCUT2D eigenvalue weighted by molar-refractivity contribution is -0.384. The summed E-state index contributed by atoms with van der Waals surface area (Å²) in [5, 5.41) is 31.9. The van der Waals surface area contributed by atoms with Crippen molar-refractivity contribution in [3.05, 3.63) is 75.3 Å². The number of carbonyl (C=O) groups excluding carboxylic acids is 2. The first kappa shape index (κ1) is 20.6. The van der Waals surface area contributed by atoms with Crippen LogP contribution in [0.2, 0.25) is 0 Å². The average Bonchev–Trinajstić information content (AvgIpc) is 3.05. The SMILES string of the molecule is O=C1C(=O)N(C2CCCCC2)C(c2ccc(O)cc2)/C1=C(/O)c1cccc([N+](=O)[O-])c1. The summed E-state index contributed by atoms with van der Waals surface area (Å²) in [5.41, 5.74) is 0.350. The molecule has 1 heterocycles. The van der Waals surface area contributed by atoms with Gasteiger partial charge in [-0.15, -0.1) is 0 Å². The number of phenolic OH excluding ortho intramolecular Hbond substituents is 1. The Labute approximate surface area is 178 Å². The summed E-state index contributed by atoms with van der Waals surface area (Å²) in [5.74, 6) is -1.90. The number of aromatic hydroxyl groups is 1. The summed E-state index contributed by atoms with van der Waals surface area (Å²) in [7, 11) is 0. The van der Waals surface area contributed by atoms with Gasteiger partial charge in [0.05, 0.1) is 16.5 Å². The van der Waals surface area contributed by atoms with Gasteiger partial charge in [0.1, 0.15) is 11.5 Å². The zero-order valence-electron chi connectivity index (χ0n) is 16.7. The van der Waals surface area contributed by atoms with Crippen LogP contribution in [0, 0.1) is 10.1 Å². The number of aliphatic hydroxyl groups is 1. The minimum atomic E-state index is -0.831. The molecule has 0 aromatic heterocycles. The molecule has 1 unspecified atom stereocenters. The Balaban J connectivity index is 1.87. The number of carbonyl (C=O) groups is 2. The van der Waals surface area contributed by atoms with Gasteiger partial charge in [-0.25, -0.2) is 0 Å². The van der Waals surface area contributed by atoms with Gasteiger partial charge in [-0.1, -0.05) is 43.5 Å². The summed E-state index contributed by atoms with van der Waals surface area (Å²) >= 11 is 0. The van der Waals surface area contributed by atoms with Crippen molar-refractivity contribution in [2.24, 2.45) is 0 Å². The highest BCUT2D eigenvalue weighted by Crippen LogP contribution is 2.43. The fourth-order valence-electron chi connectivity index (χ4n) is 4.49. The fourth-order valence-corrected chi connectivity index (χ4v) is 4.49. The summed E-state index contributed by atoms with van der Waals surface area (Å²) in [6.07, 6.45) is 4.48. The van der Waals surface area contributed by atoms with Crippen molar-refractivity contribution in [2.45, 2.75) is 44.2 Å². The van der Waals surface area contributed by atoms with Crippen molar-refractivity contribution in [2.75, 3.05) is 0 Å². The molecule has 0 bridgehead atoms. The van der Waals surface area contributed by atoms with Crippen LogP contribution >= 0.6 is 0 Å². The van der Waals surface area contributed by atoms with Crippen molar-refractivity contribution in [1.29, 1.82) is 0 Å². The highest BCUT2D eigenvalue weighted by Gasteiger charge is 2.48. The first-order valence-electron chi connectivity index (χ1n) is 10.2. The maximum atomic E-state index is 13.1. The molecule has 2 aliphatic rings. The number of rotatable bonds is 4. The predicted molar refractivity (Wildman–Crippen MR) is 112 cm³/mol. The highest BCUT2D eigenvalue weighted by atomic mass is 16.6. The molecule has 1 saturated carbocycles. The summed E-state index contributed by atoms with van der Waals surface area (Å²) < 4.78 is 0. The lowest BCUT2D eigenvalue weighted by Gasteiger charge is -2.35. The molecule has 0 radical (unpaired) electrons. The third-order valence-corrected chi connectivity index (χ3v) is 5.99. The third kappa shape index (κ3) is 3.76. The molecule has 1 atom stereocenters. The number of amides is 1. The van der Waals surface area contributed by atoms with Crippen molar-refractivity contribution >= 4 is 23.1 Å². The van der Waals surface area contributed by atoms with E-state index in [-0.39, 0.29) is 28.6 Å². The number of ketones is 1. The van der Waals surface area contributed by atoms with Crippen molar-refractivity contribution < 1.29 is 24.7 Å². The quantitative estimate of drug-likeness (QED) is 0.252. The molecule has 1 aliphatic carbocycles. The molecule has 1 saturated heterocycles. The highest BCUT2D eigenvalue weighted by molar-refractivity contribution is 6.46. The molecule has 4 rings (SSSR count). The first-order valence-corrected chi connectivity index (χ1v) is 10.2. The number of nitro benzene ring substituents is 1. The second-order valence-corrected chi connectivity index (χ2v) is 7.90. The number of aliphatic hydroxyl groups excluding tert-OH is 1. The molecule has 0 spiro atoms. The second-order valence-electron chi connectivity index (χ2n) is 7.90. The molecule has 2 aromatic carbocycles. The molecule has 1 amide bonds. The van der Waals surface area contributed by atoms with Crippen LogP contribution in [0.15, 0.2) is 54.1 Å². The molecule has 31 heavy (non-hydrogen) atoms. The number of likely N-dealkylation sites (tertiary alicyclic amines) is 1. The van der Waals surface area contributed by atoms with Crippen molar-refractivity contribution in [3.63, 3.8) is 0 Å². The van der Waals surface area contributed by atoms with E-state index in [0.29, 0.717) is 5.56 Å². The third-order valence-electron chi connectivity index (χ3n) is 5.99. The van der Waals surface area contributed by atoms with Crippen molar-refractivity contribution in [1.82, 2.24) is 4.90 Å². The second kappa shape index (κ2) is 8.22. The molecule has 2 aromatic rings. The van der Waals surface area contributed by atoms with E-state index in [1.165, 1.54) is 41.3 Å². The zero-order valence-corrected chi connectivity index (χ0v) is 16.7. The standard InChI is InChI=1S/C23H22N2O6/c26-18-11-9-14(10-12-18)20-19(21(27)15-5-4-8-17(13-15)25(30)31)22(28)23(29)24(20)16-6-2-1-3-7-16/h4-5,8-13,16,20,26-27H,1-3,6-7H2/b21-19-. The van der Waals surface area contributed by atoms with E-state index in [1.807, 2.05) is 0 Å². The Hall–Kier alpha value is -3.68. The van der Waals surface area contributed by atoms with Crippen LogP contribution in [0.3, 0.4) is 0 Å². The van der Waals surface area contributed by atoms with E-state index in [0.717, 1.165) is 32.1 Å². The van der Waals surface area contributed by atoms with E-state index < -0.39 is 28.4 Å². The molecule has 8 nitrogen and oxygen atoms in total. The van der Waals surface area contributed by atoms with Crippen LogP contribution < -0.4 is 0 Å². The van der Waals surface area contributed by atoms with Gasteiger partial charge in [-0.2, -0.15) is 0 Å². The Bertz CT molecular complexity index is 1070. The van der Waals surface area contributed by atoms with Gasteiger partial charge >= 0.3 is 0 Å². The van der Waals surface area contributed by atoms with Crippen LogP contribution in [0.1, 0.15) is 49.3 Å². The largest absolute Gasteiger partial charge is 0.508 e. The lowest BCUT2D eigenvalue weighted by atomic mass is 9.91. The van der Waals surface area contributed by atoms with Gasteiger partial charge in [0.2, 0.25) is 0 Å². The molecule has 160 valence electrons. The predicted octanol–water partition coefficient (Wildman–Crippen LogP) is 4.05. The van der Waals surface area contributed by atoms with Crippen LogP contribution in [0.4, 0.5) is 5.69 Å². The maximum Gasteiger partial charge on any atom is 0.295 e. The van der Waals surface area contributed by atoms with Gasteiger partial charge in [0, 0.05) is 23.7 Å². The molecule has 2 N–H and O–H groups in total. The summed E-state index contributed by atoms with van der Waals surface area (Å²) in [4.78, 5) is 38.2. The Morgan fingerprint density at radius 1 is 1.03 bits per heavy atom. The van der Waals surface area contributed by atoms with Gasteiger partial charge in [-0.3, -0.25) is 19.7 Å². The minimum absolute atomic E-state index is 0.0389. The van der Waals surface area contributed by atoms with Gasteiger partial charge in [-0.05, 0) is 30.5 Å². The monoisotopic (exact) mass is 422 g/mol. The van der Waals surface area contributed by atoms with Gasteiger partial charge in [0.25, 0.3) is 17.4 Å². The van der Waals surface area contributed by atoms with Gasteiger partial charge < -0.3 is 15.1 Å². The molecule has 2 fully saturated rings. The number of nitrogens with zero attached hydrogens (tertiary/aromatic N) is 2. The number of hydrogen-bond donors (Lipinski definition) is 2. The topological polar surface area (TPSA) is 121 Å². The van der Waals surface area contributed by atoms with E-state index in [9.17, 15) is 29.9 Å². The lowest BCUT2D eigenvalue weighted by Crippen LogP contribution is -2.40. The Kier molecular flexibility index (Phi) is 5.46. The Morgan fingerprint density at radius 2 is 1.71 bits per heavy atom. The van der Waals surface area contributed by atoms with Crippen molar-refractivity contribution in [3.8, 4) is 5.75 Å². The average molecular weight is 422 g/mol. The number of nitro groups is 1. The smallest absolute Gasteiger partial charge is 0.295 e. The minimum Gasteiger partial charge on any atom is -0.508 e. The summed E-state index contributed by atoms with van der Waals surface area (Å²) in [6, 6.07) is 10.5. The number of benzene rings is 2. The molecule has 1 aliphatic heterocycles. The summed E-state index contributed by atoms with van der Waals surface area (Å²) in [6.45, 7) is 0. The Morgan fingerprint density at radius 3 is 2.35 bits per heavy atom. The first-order chi connectivity index (χ1) is 14.9. The van der Waals surface area contributed by atoms with Gasteiger partial charge in [0.15, 0.2) is 0 Å². The number of phenols is 1. The maximum absolute atomic E-state index is 13.1. The molecular formula is C23H22N2O6. The zero-order chi connectivity index (χ0) is 22.1. The van der Waals surface area contributed by atoms with Crippen LogP contribution in [-0.2, 0) is 9.59 Å². The van der Waals surface area contributed by atoms with E-state index >= 15 is 0 Å². The normalized spacial score (nSPS) is 21.4. The molecule has 8 heteroatoms. The van der Waals surface area contributed by atoms with E-state index in [1.54, 1.807) is 12.1 Å². The van der Waals surface area contributed by atoms with Crippen LogP contribution in [0.5, 0.6) is 5.75 Å². The van der Waals surface area contributed by atoms with Crippen LogP contribution in [0.25, 0.3) is 5.76 Å². The number of non-ortho nitro benzene ring substituents is 1. The molecular weight excluding hydrogens is 400 g/mol. The van der Waals surface area contributed by atoms with Crippen LogP contribution in [-0.4, -0.2) is 37.8 Å². The number of Topliss-reactive ketones (excluding diaryl/α,β-unsaturated/α-hetero) is 1. The van der Waals surface area contributed by atoms with E-state index in [2.05, 4.69) is 0 Å². The van der Waals surface area contributed by atoms with E-state index in [4.69, 9.17) is 0 Å².